The summed E-state index contributed by atoms with van der Waals surface area (Å²) < 4.78 is 10.3. The molecule has 9 nitrogen and oxygen atoms in total. The fourth-order valence-electron chi connectivity index (χ4n) is 3.27. The second kappa shape index (κ2) is 11.5. The predicted molar refractivity (Wildman–Crippen MR) is 126 cm³/mol. The zero-order valence-electron chi connectivity index (χ0n) is 18.8. The van der Waals surface area contributed by atoms with Gasteiger partial charge in [-0.1, -0.05) is 24.3 Å². The van der Waals surface area contributed by atoms with Crippen molar-refractivity contribution in [3.8, 4) is 11.5 Å². The number of nitro benzene ring substituents is 1. The molecule has 0 aliphatic heterocycles. The van der Waals surface area contributed by atoms with E-state index in [1.165, 1.54) is 24.3 Å². The molecule has 0 bridgehead atoms. The SMILES string of the molecule is COc1ccc(CC(=O)NC(NC(=O)Cc2ccc(OC)cc2)c2ccc([N+](=O)[O-])cc2)cc1. The maximum Gasteiger partial charge on any atom is 0.269 e. The molecule has 0 aliphatic carbocycles. The molecule has 3 aromatic rings. The van der Waals surface area contributed by atoms with Crippen LogP contribution in [0.1, 0.15) is 22.9 Å². The summed E-state index contributed by atoms with van der Waals surface area (Å²) in [5.74, 6) is 0.717. The third-order valence-electron chi connectivity index (χ3n) is 5.10. The van der Waals surface area contributed by atoms with Crippen molar-refractivity contribution in [1.82, 2.24) is 10.6 Å². The predicted octanol–water partition coefficient (Wildman–Crippen LogP) is 3.33. The van der Waals surface area contributed by atoms with Crippen molar-refractivity contribution < 1.29 is 24.0 Å². The molecule has 0 radical (unpaired) electrons. The van der Waals surface area contributed by atoms with Crippen LogP contribution in [0.4, 0.5) is 5.69 Å². The number of hydrogen-bond donors (Lipinski definition) is 2. The summed E-state index contributed by atoms with van der Waals surface area (Å²) in [6.07, 6.45) is -0.693. The van der Waals surface area contributed by atoms with Crippen molar-refractivity contribution in [3.05, 3.63) is 99.6 Å². The Kier molecular flexibility index (Phi) is 8.17. The van der Waals surface area contributed by atoms with Crippen LogP contribution < -0.4 is 20.1 Å². The van der Waals surface area contributed by atoms with Gasteiger partial charge in [-0.3, -0.25) is 19.7 Å². The van der Waals surface area contributed by atoms with Crippen LogP contribution >= 0.6 is 0 Å². The fourth-order valence-corrected chi connectivity index (χ4v) is 3.27. The fraction of sp³-hybridized carbons (Fsp3) is 0.200. The summed E-state index contributed by atoms with van der Waals surface area (Å²) in [4.78, 5) is 35.9. The van der Waals surface area contributed by atoms with Crippen molar-refractivity contribution in [3.63, 3.8) is 0 Å². The lowest BCUT2D eigenvalue weighted by molar-refractivity contribution is -0.384. The number of nitro groups is 1. The summed E-state index contributed by atoms with van der Waals surface area (Å²) >= 11 is 0. The van der Waals surface area contributed by atoms with Gasteiger partial charge in [0.05, 0.1) is 32.0 Å². The number of methoxy groups -OCH3 is 2. The molecule has 0 heterocycles. The molecule has 0 aliphatic rings. The average Bonchev–Trinajstić information content (AvgIpc) is 2.84. The van der Waals surface area contributed by atoms with Gasteiger partial charge in [0, 0.05) is 12.1 Å². The number of amides is 2. The number of carbonyl (C=O) groups excluding carboxylic acids is 2. The maximum atomic E-state index is 12.7. The van der Waals surface area contributed by atoms with Crippen LogP contribution in [0, 0.1) is 10.1 Å². The number of nitrogens with one attached hydrogen (secondary N) is 2. The van der Waals surface area contributed by atoms with E-state index in [1.54, 1.807) is 62.8 Å². The molecule has 0 saturated carbocycles. The number of benzene rings is 3. The first-order valence-electron chi connectivity index (χ1n) is 10.5. The highest BCUT2D eigenvalue weighted by atomic mass is 16.6. The first-order valence-corrected chi connectivity index (χ1v) is 10.5. The van der Waals surface area contributed by atoms with Gasteiger partial charge in [0.15, 0.2) is 0 Å². The monoisotopic (exact) mass is 463 g/mol. The van der Waals surface area contributed by atoms with Gasteiger partial charge in [-0.05, 0) is 53.1 Å². The standard InChI is InChI=1S/C25H25N3O6/c1-33-21-11-3-17(4-12-21)15-23(29)26-25(19-7-9-20(10-8-19)28(31)32)27-24(30)16-18-5-13-22(34-2)14-6-18/h3-14,25H,15-16H2,1-2H3,(H,26,29)(H,27,30). The van der Waals surface area contributed by atoms with E-state index < -0.39 is 11.1 Å². The topological polar surface area (TPSA) is 120 Å². The van der Waals surface area contributed by atoms with Crippen LogP contribution in [0.2, 0.25) is 0 Å². The average molecular weight is 463 g/mol. The van der Waals surface area contributed by atoms with Gasteiger partial charge in [-0.2, -0.15) is 0 Å². The van der Waals surface area contributed by atoms with Crippen LogP contribution in [-0.2, 0) is 22.4 Å². The second-order valence-electron chi connectivity index (χ2n) is 7.47. The van der Waals surface area contributed by atoms with E-state index in [1.807, 2.05) is 0 Å². The minimum Gasteiger partial charge on any atom is -0.497 e. The Hall–Kier alpha value is -4.40. The number of nitrogens with zero attached hydrogens (tertiary/aromatic N) is 1. The van der Waals surface area contributed by atoms with Crippen LogP contribution in [0.15, 0.2) is 72.8 Å². The first-order chi connectivity index (χ1) is 16.4. The summed E-state index contributed by atoms with van der Waals surface area (Å²) in [6, 6.07) is 19.8. The third kappa shape index (κ3) is 6.80. The van der Waals surface area contributed by atoms with Crippen molar-refractivity contribution in [2.75, 3.05) is 14.2 Å². The number of ether oxygens (including phenoxy) is 2. The molecule has 0 fully saturated rings. The molecule has 2 N–H and O–H groups in total. The largest absolute Gasteiger partial charge is 0.497 e. The number of carbonyl (C=O) groups is 2. The van der Waals surface area contributed by atoms with Gasteiger partial charge in [0.25, 0.3) is 5.69 Å². The van der Waals surface area contributed by atoms with Crippen LogP contribution in [0.5, 0.6) is 11.5 Å². The van der Waals surface area contributed by atoms with Crippen LogP contribution in [-0.4, -0.2) is 31.0 Å². The minimum atomic E-state index is -0.864. The van der Waals surface area contributed by atoms with Crippen LogP contribution in [0.25, 0.3) is 0 Å². The molecule has 9 heteroatoms. The van der Waals surface area contributed by atoms with Crippen molar-refractivity contribution >= 4 is 17.5 Å². The van der Waals surface area contributed by atoms with Crippen LogP contribution in [0.3, 0.4) is 0 Å². The zero-order valence-corrected chi connectivity index (χ0v) is 18.8. The first kappa shape index (κ1) is 24.2. The van der Waals surface area contributed by atoms with E-state index in [-0.39, 0.29) is 30.3 Å². The molecule has 3 rings (SSSR count). The molecule has 0 saturated heterocycles. The Bertz CT molecular complexity index is 1070. The molecule has 0 aromatic heterocycles. The van der Waals surface area contributed by atoms with Gasteiger partial charge in [0.2, 0.25) is 11.8 Å². The van der Waals surface area contributed by atoms with E-state index in [2.05, 4.69) is 10.6 Å². The number of non-ortho nitro benzene ring substituents is 1. The molecule has 0 spiro atoms. The Morgan fingerprint density at radius 2 is 1.18 bits per heavy atom. The summed E-state index contributed by atoms with van der Waals surface area (Å²) in [5, 5.41) is 16.6. The Morgan fingerprint density at radius 3 is 1.53 bits per heavy atom. The molecule has 2 amide bonds. The molecule has 176 valence electrons. The molecule has 3 aromatic carbocycles. The lowest BCUT2D eigenvalue weighted by Crippen LogP contribution is -2.42. The highest BCUT2D eigenvalue weighted by molar-refractivity contribution is 5.82. The third-order valence-corrected chi connectivity index (χ3v) is 5.10. The van der Waals surface area contributed by atoms with Crippen molar-refractivity contribution in [2.24, 2.45) is 0 Å². The van der Waals surface area contributed by atoms with Gasteiger partial charge in [0.1, 0.15) is 17.7 Å². The molecular weight excluding hydrogens is 438 g/mol. The highest BCUT2D eigenvalue weighted by Crippen LogP contribution is 2.18. The number of hydrogen-bond acceptors (Lipinski definition) is 6. The minimum absolute atomic E-state index is 0.0851. The highest BCUT2D eigenvalue weighted by Gasteiger charge is 2.19. The lowest BCUT2D eigenvalue weighted by atomic mass is 10.1. The number of rotatable bonds is 10. The summed E-state index contributed by atoms with van der Waals surface area (Å²) in [6.45, 7) is 0. The zero-order chi connectivity index (χ0) is 24.5. The normalized spacial score (nSPS) is 10.4. The second-order valence-corrected chi connectivity index (χ2v) is 7.47. The van der Waals surface area contributed by atoms with Crippen molar-refractivity contribution in [1.29, 1.82) is 0 Å². The maximum absolute atomic E-state index is 12.7. The smallest absolute Gasteiger partial charge is 0.269 e. The Balaban J connectivity index is 1.72. The van der Waals surface area contributed by atoms with E-state index in [0.29, 0.717) is 17.1 Å². The van der Waals surface area contributed by atoms with Crippen molar-refractivity contribution in [2.45, 2.75) is 19.0 Å². The van der Waals surface area contributed by atoms with E-state index in [9.17, 15) is 19.7 Å². The van der Waals surface area contributed by atoms with E-state index in [0.717, 1.165) is 11.1 Å². The Labute approximate surface area is 196 Å². The lowest BCUT2D eigenvalue weighted by Gasteiger charge is -2.21. The molecule has 0 unspecified atom stereocenters. The van der Waals surface area contributed by atoms with Gasteiger partial charge in [-0.25, -0.2) is 0 Å². The molecular formula is C25H25N3O6. The van der Waals surface area contributed by atoms with E-state index >= 15 is 0 Å². The molecule has 34 heavy (non-hydrogen) atoms. The molecule has 0 atom stereocenters. The van der Waals surface area contributed by atoms with E-state index in [4.69, 9.17) is 9.47 Å². The van der Waals surface area contributed by atoms with Gasteiger partial charge >= 0.3 is 0 Å². The Morgan fingerprint density at radius 1 is 0.765 bits per heavy atom. The van der Waals surface area contributed by atoms with Gasteiger partial charge < -0.3 is 20.1 Å². The summed E-state index contributed by atoms with van der Waals surface area (Å²) in [5.41, 5.74) is 1.96. The van der Waals surface area contributed by atoms with Gasteiger partial charge in [-0.15, -0.1) is 0 Å². The summed E-state index contributed by atoms with van der Waals surface area (Å²) in [7, 11) is 3.12. The quantitative estimate of drug-likeness (QED) is 0.270.